The van der Waals surface area contributed by atoms with E-state index < -0.39 is 0 Å². The van der Waals surface area contributed by atoms with Gasteiger partial charge in [-0.2, -0.15) is 0 Å². The molecule has 0 fully saturated rings. The third-order valence-corrected chi connectivity index (χ3v) is 5.06. The molecule has 0 aliphatic carbocycles. The van der Waals surface area contributed by atoms with Crippen molar-refractivity contribution < 1.29 is 9.15 Å². The first-order chi connectivity index (χ1) is 12.8. The first-order valence-electron chi connectivity index (χ1n) is 8.63. The number of aliphatic imine (C=N–C) groups is 1. The highest BCUT2D eigenvalue weighted by atomic mass is 16.5. The van der Waals surface area contributed by atoms with Crippen molar-refractivity contribution in [3.63, 3.8) is 0 Å². The van der Waals surface area contributed by atoms with Crippen molar-refractivity contribution in [2.24, 2.45) is 4.99 Å². The second-order valence-corrected chi connectivity index (χ2v) is 6.49. The number of hydrogen-bond donors (Lipinski definition) is 0. The molecule has 4 heteroatoms. The second-order valence-electron chi connectivity index (χ2n) is 6.49. The number of aryl methyl sites for hydroxylation is 1. The van der Waals surface area contributed by atoms with E-state index in [9.17, 15) is 0 Å². The van der Waals surface area contributed by atoms with Crippen LogP contribution < -0.4 is 4.74 Å². The zero-order valence-corrected chi connectivity index (χ0v) is 14.7. The SMILES string of the molecule is COc1cccc2coc(C3=NCc4c(C)cccc4-n4cccc43)c12. The predicted molar refractivity (Wildman–Crippen MR) is 103 cm³/mol. The normalized spacial score (nSPS) is 13.1. The van der Waals surface area contributed by atoms with Gasteiger partial charge in [0.2, 0.25) is 0 Å². The molecule has 4 nitrogen and oxygen atoms in total. The van der Waals surface area contributed by atoms with Crippen LogP contribution in [0, 0.1) is 6.92 Å². The van der Waals surface area contributed by atoms with E-state index >= 15 is 0 Å². The van der Waals surface area contributed by atoms with Crippen molar-refractivity contribution in [2.45, 2.75) is 13.5 Å². The molecule has 3 heterocycles. The monoisotopic (exact) mass is 342 g/mol. The zero-order valence-electron chi connectivity index (χ0n) is 14.7. The highest BCUT2D eigenvalue weighted by Gasteiger charge is 2.24. The number of furan rings is 1. The van der Waals surface area contributed by atoms with Crippen LogP contribution in [0.25, 0.3) is 16.5 Å². The Labute approximate surface area is 151 Å². The summed E-state index contributed by atoms with van der Waals surface area (Å²) < 4.78 is 13.8. The Bertz CT molecular complexity index is 1160. The number of fused-ring (bicyclic) bond motifs is 4. The van der Waals surface area contributed by atoms with E-state index in [0.29, 0.717) is 6.54 Å². The van der Waals surface area contributed by atoms with Crippen LogP contribution >= 0.6 is 0 Å². The number of nitrogens with zero attached hydrogens (tertiary/aromatic N) is 2. The van der Waals surface area contributed by atoms with Gasteiger partial charge in [0.05, 0.1) is 36.7 Å². The number of ether oxygens (including phenoxy) is 1. The Balaban J connectivity index is 1.79. The van der Waals surface area contributed by atoms with Gasteiger partial charge in [0.15, 0.2) is 5.76 Å². The van der Waals surface area contributed by atoms with E-state index in [4.69, 9.17) is 14.1 Å². The summed E-state index contributed by atoms with van der Waals surface area (Å²) in [5.41, 5.74) is 5.53. The maximum absolute atomic E-state index is 5.98. The van der Waals surface area contributed by atoms with Gasteiger partial charge in [-0.1, -0.05) is 24.3 Å². The third-order valence-electron chi connectivity index (χ3n) is 5.06. The lowest BCUT2D eigenvalue weighted by Crippen LogP contribution is -2.08. The summed E-state index contributed by atoms with van der Waals surface area (Å²) in [5, 5.41) is 1.97. The summed E-state index contributed by atoms with van der Waals surface area (Å²) in [7, 11) is 1.68. The molecule has 0 radical (unpaired) electrons. The van der Waals surface area contributed by atoms with Gasteiger partial charge >= 0.3 is 0 Å². The molecule has 0 bridgehead atoms. The molecule has 2 aromatic heterocycles. The lowest BCUT2D eigenvalue weighted by atomic mass is 10.1. The van der Waals surface area contributed by atoms with Gasteiger partial charge in [-0.15, -0.1) is 0 Å². The van der Waals surface area contributed by atoms with Crippen LogP contribution in [0.2, 0.25) is 0 Å². The molecule has 26 heavy (non-hydrogen) atoms. The van der Waals surface area contributed by atoms with Gasteiger partial charge < -0.3 is 13.7 Å². The van der Waals surface area contributed by atoms with Gasteiger partial charge in [-0.25, -0.2) is 0 Å². The summed E-state index contributed by atoms with van der Waals surface area (Å²) in [6.45, 7) is 2.75. The number of hydrogen-bond acceptors (Lipinski definition) is 3. The van der Waals surface area contributed by atoms with E-state index in [0.717, 1.165) is 33.7 Å². The Morgan fingerprint density at radius 2 is 1.96 bits per heavy atom. The van der Waals surface area contributed by atoms with E-state index in [2.05, 4.69) is 42.0 Å². The number of aromatic nitrogens is 1. The molecule has 0 unspecified atom stereocenters. The maximum Gasteiger partial charge on any atom is 0.165 e. The summed E-state index contributed by atoms with van der Waals surface area (Å²) in [5.74, 6) is 1.55. The molecule has 1 aliphatic rings. The van der Waals surface area contributed by atoms with Crippen LogP contribution in [-0.2, 0) is 6.54 Å². The third kappa shape index (κ3) is 2.05. The Morgan fingerprint density at radius 3 is 2.85 bits per heavy atom. The molecule has 0 saturated heterocycles. The minimum absolute atomic E-state index is 0.621. The second kappa shape index (κ2) is 5.63. The molecule has 1 aliphatic heterocycles. The summed E-state index contributed by atoms with van der Waals surface area (Å²) in [6, 6.07) is 16.5. The van der Waals surface area contributed by atoms with E-state index in [-0.39, 0.29) is 0 Å². The standard InChI is InChI=1S/C22H18N2O2/c1-14-6-3-8-17-16(14)12-23-21(18-9-5-11-24(17)18)22-20-15(13-26-22)7-4-10-19(20)25-2/h3-11,13H,12H2,1-2H3. The van der Waals surface area contributed by atoms with Crippen LogP contribution in [0.5, 0.6) is 5.75 Å². The van der Waals surface area contributed by atoms with E-state index in [1.54, 1.807) is 13.4 Å². The number of methoxy groups -OCH3 is 1. The van der Waals surface area contributed by atoms with Gasteiger partial charge in [0.25, 0.3) is 0 Å². The zero-order chi connectivity index (χ0) is 17.7. The van der Waals surface area contributed by atoms with Crippen LogP contribution in [-0.4, -0.2) is 17.4 Å². The van der Waals surface area contributed by atoms with E-state index in [1.165, 1.54) is 16.8 Å². The molecule has 5 rings (SSSR count). The lowest BCUT2D eigenvalue weighted by molar-refractivity contribution is 0.419. The van der Waals surface area contributed by atoms with Crippen molar-refractivity contribution in [1.29, 1.82) is 0 Å². The topological polar surface area (TPSA) is 39.7 Å². The van der Waals surface area contributed by atoms with Crippen molar-refractivity contribution in [3.05, 3.63) is 83.6 Å². The quantitative estimate of drug-likeness (QED) is 0.520. The maximum atomic E-state index is 5.98. The molecule has 0 atom stereocenters. The minimum atomic E-state index is 0.621. The Hall–Kier alpha value is -3.27. The van der Waals surface area contributed by atoms with Crippen LogP contribution in [0.3, 0.4) is 0 Å². The minimum Gasteiger partial charge on any atom is -0.496 e. The van der Waals surface area contributed by atoms with Gasteiger partial charge in [-0.3, -0.25) is 4.99 Å². The number of rotatable bonds is 2. The fourth-order valence-corrected chi connectivity index (χ4v) is 3.74. The molecule has 2 aromatic carbocycles. The van der Waals surface area contributed by atoms with Crippen LogP contribution in [0.4, 0.5) is 0 Å². The Morgan fingerprint density at radius 1 is 1.08 bits per heavy atom. The summed E-state index contributed by atoms with van der Waals surface area (Å²) in [4.78, 5) is 4.95. The van der Waals surface area contributed by atoms with E-state index in [1.807, 2.05) is 24.3 Å². The highest BCUT2D eigenvalue weighted by Crippen LogP contribution is 2.34. The van der Waals surface area contributed by atoms with Gasteiger partial charge in [-0.05, 0) is 36.8 Å². The molecule has 0 N–H and O–H groups in total. The fraction of sp³-hybridized carbons (Fsp3) is 0.136. The first-order valence-corrected chi connectivity index (χ1v) is 8.63. The molecular formula is C22H18N2O2. The molecule has 0 amide bonds. The van der Waals surface area contributed by atoms with Crippen LogP contribution in [0.15, 0.2) is 70.4 Å². The molecular weight excluding hydrogens is 324 g/mol. The molecule has 128 valence electrons. The molecule has 0 spiro atoms. The van der Waals surface area contributed by atoms with Crippen LogP contribution in [0.1, 0.15) is 22.6 Å². The van der Waals surface area contributed by atoms with Gasteiger partial charge in [0, 0.05) is 17.1 Å². The first kappa shape index (κ1) is 15.0. The van der Waals surface area contributed by atoms with Crippen molar-refractivity contribution in [3.8, 4) is 11.4 Å². The summed E-state index contributed by atoms with van der Waals surface area (Å²) in [6.07, 6.45) is 3.85. The molecule has 4 aromatic rings. The number of benzene rings is 2. The lowest BCUT2D eigenvalue weighted by Gasteiger charge is -2.12. The fourth-order valence-electron chi connectivity index (χ4n) is 3.74. The largest absolute Gasteiger partial charge is 0.496 e. The van der Waals surface area contributed by atoms with Crippen molar-refractivity contribution >= 4 is 16.5 Å². The average Bonchev–Trinajstić information content (AvgIpc) is 3.28. The predicted octanol–water partition coefficient (Wildman–Crippen LogP) is 4.89. The van der Waals surface area contributed by atoms with Crippen molar-refractivity contribution in [2.75, 3.05) is 7.11 Å². The van der Waals surface area contributed by atoms with Gasteiger partial charge in [0.1, 0.15) is 11.5 Å². The average molecular weight is 342 g/mol. The van der Waals surface area contributed by atoms with Crippen molar-refractivity contribution in [1.82, 2.24) is 4.57 Å². The molecule has 0 saturated carbocycles. The Kier molecular flexibility index (Phi) is 3.25. The summed E-state index contributed by atoms with van der Waals surface area (Å²) >= 11 is 0. The highest BCUT2D eigenvalue weighted by molar-refractivity contribution is 6.18. The smallest absolute Gasteiger partial charge is 0.165 e.